The van der Waals surface area contributed by atoms with Gasteiger partial charge in [-0.2, -0.15) is 4.98 Å². The van der Waals surface area contributed by atoms with Crippen molar-refractivity contribution in [3.05, 3.63) is 11.7 Å². The van der Waals surface area contributed by atoms with Crippen molar-refractivity contribution in [3.63, 3.8) is 0 Å². The molecule has 1 aliphatic rings. The van der Waals surface area contributed by atoms with Gasteiger partial charge in [0.1, 0.15) is 6.54 Å². The van der Waals surface area contributed by atoms with E-state index in [0.29, 0.717) is 24.3 Å². The summed E-state index contributed by atoms with van der Waals surface area (Å²) in [5.74, 6) is 3.03. The molecule has 0 radical (unpaired) electrons. The highest BCUT2D eigenvalue weighted by molar-refractivity contribution is 5.80. The molecule has 2 N–H and O–H groups in total. The minimum absolute atomic E-state index is 0.129. The molecule has 0 aliphatic heterocycles. The van der Waals surface area contributed by atoms with Crippen LogP contribution in [0.15, 0.2) is 9.52 Å². The molecule has 6 nitrogen and oxygen atoms in total. The fourth-order valence-electron chi connectivity index (χ4n) is 3.00. The van der Waals surface area contributed by atoms with Crippen LogP contribution < -0.4 is 10.6 Å². The van der Waals surface area contributed by atoms with Gasteiger partial charge in [0.2, 0.25) is 5.89 Å². The number of guanidine groups is 1. The van der Waals surface area contributed by atoms with E-state index in [1.54, 1.807) is 0 Å². The summed E-state index contributed by atoms with van der Waals surface area (Å²) >= 11 is 0. The van der Waals surface area contributed by atoms with E-state index in [0.717, 1.165) is 18.4 Å². The molecule has 1 aliphatic carbocycles. The van der Waals surface area contributed by atoms with Crippen molar-refractivity contribution < 1.29 is 4.52 Å². The molecule has 0 unspecified atom stereocenters. The number of nitrogens with zero attached hydrogens (tertiary/aromatic N) is 3. The summed E-state index contributed by atoms with van der Waals surface area (Å²) in [6.07, 6.45) is 6.37. The summed E-state index contributed by atoms with van der Waals surface area (Å²) in [6, 6.07) is 0.515. The second-order valence-corrected chi connectivity index (χ2v) is 7.73. The van der Waals surface area contributed by atoms with Gasteiger partial charge in [-0.15, -0.1) is 0 Å². The zero-order chi connectivity index (χ0) is 17.6. The monoisotopic (exact) mass is 335 g/mol. The van der Waals surface area contributed by atoms with Crippen LogP contribution in [0, 0.1) is 5.92 Å². The van der Waals surface area contributed by atoms with Gasteiger partial charge in [-0.25, -0.2) is 4.99 Å². The van der Waals surface area contributed by atoms with Crippen molar-refractivity contribution in [1.29, 1.82) is 0 Å². The van der Waals surface area contributed by atoms with E-state index in [4.69, 9.17) is 4.52 Å². The molecule has 2 rings (SSSR count). The van der Waals surface area contributed by atoms with Crippen LogP contribution in [0.3, 0.4) is 0 Å². The smallest absolute Gasteiger partial charge is 0.232 e. The fraction of sp³-hybridized carbons (Fsp3) is 0.833. The van der Waals surface area contributed by atoms with E-state index in [-0.39, 0.29) is 5.41 Å². The fourth-order valence-corrected chi connectivity index (χ4v) is 3.00. The predicted molar refractivity (Wildman–Crippen MR) is 97.0 cm³/mol. The quantitative estimate of drug-likeness (QED) is 0.637. The maximum absolute atomic E-state index is 5.32. The maximum atomic E-state index is 5.32. The second-order valence-electron chi connectivity index (χ2n) is 7.73. The van der Waals surface area contributed by atoms with Gasteiger partial charge in [0.25, 0.3) is 0 Å². The summed E-state index contributed by atoms with van der Waals surface area (Å²) in [7, 11) is 0. The van der Waals surface area contributed by atoms with Crippen molar-refractivity contribution in [1.82, 2.24) is 20.8 Å². The SMILES string of the molecule is CCNC(=NCc1noc(C(C)(C)C)n1)NC1CCC(CC)CC1. The molecule has 0 amide bonds. The van der Waals surface area contributed by atoms with Crippen LogP contribution in [-0.4, -0.2) is 28.7 Å². The third-order valence-electron chi connectivity index (χ3n) is 4.60. The first-order chi connectivity index (χ1) is 11.4. The largest absolute Gasteiger partial charge is 0.357 e. The number of aromatic nitrogens is 2. The zero-order valence-electron chi connectivity index (χ0n) is 15.9. The lowest BCUT2D eigenvalue weighted by molar-refractivity contribution is 0.304. The van der Waals surface area contributed by atoms with Crippen molar-refractivity contribution in [2.75, 3.05) is 6.54 Å². The molecule has 1 heterocycles. The molecule has 1 fully saturated rings. The van der Waals surface area contributed by atoms with Crippen LogP contribution in [0.1, 0.15) is 78.4 Å². The lowest BCUT2D eigenvalue weighted by atomic mass is 9.84. The number of aliphatic imine (C=N–C) groups is 1. The standard InChI is InChI=1S/C18H33N5O/c1-6-13-8-10-14(11-9-13)21-17(19-7-2)20-12-15-22-16(24-23-15)18(3,4)5/h13-14H,6-12H2,1-5H3,(H2,19,20,21). The van der Waals surface area contributed by atoms with Crippen LogP contribution in [-0.2, 0) is 12.0 Å². The zero-order valence-corrected chi connectivity index (χ0v) is 15.9. The summed E-state index contributed by atoms with van der Waals surface area (Å²) in [5.41, 5.74) is -0.129. The Morgan fingerprint density at radius 2 is 1.92 bits per heavy atom. The van der Waals surface area contributed by atoms with Gasteiger partial charge < -0.3 is 15.2 Å². The topological polar surface area (TPSA) is 75.3 Å². The summed E-state index contributed by atoms with van der Waals surface area (Å²) in [5, 5.41) is 10.9. The molecule has 0 atom stereocenters. The lowest BCUT2D eigenvalue weighted by Gasteiger charge is -2.29. The Kier molecular flexibility index (Phi) is 6.63. The van der Waals surface area contributed by atoms with Crippen molar-refractivity contribution in [2.45, 2.75) is 84.7 Å². The first kappa shape index (κ1) is 18.7. The van der Waals surface area contributed by atoms with Crippen molar-refractivity contribution in [3.8, 4) is 0 Å². The number of nitrogens with one attached hydrogen (secondary N) is 2. The molecule has 0 aromatic carbocycles. The molecular formula is C18H33N5O. The number of hydrogen-bond donors (Lipinski definition) is 2. The van der Waals surface area contributed by atoms with E-state index in [2.05, 4.69) is 60.4 Å². The van der Waals surface area contributed by atoms with Gasteiger partial charge in [-0.3, -0.25) is 0 Å². The molecule has 1 aromatic heterocycles. The van der Waals surface area contributed by atoms with Gasteiger partial charge >= 0.3 is 0 Å². The highest BCUT2D eigenvalue weighted by atomic mass is 16.5. The highest BCUT2D eigenvalue weighted by Crippen LogP contribution is 2.26. The molecule has 0 bridgehead atoms. The first-order valence-corrected chi connectivity index (χ1v) is 9.30. The first-order valence-electron chi connectivity index (χ1n) is 9.30. The van der Waals surface area contributed by atoms with Crippen molar-refractivity contribution in [2.24, 2.45) is 10.9 Å². The number of hydrogen-bond acceptors (Lipinski definition) is 4. The van der Waals surface area contributed by atoms with Gasteiger partial charge in [0.05, 0.1) is 0 Å². The summed E-state index contributed by atoms with van der Waals surface area (Å²) < 4.78 is 5.32. The summed E-state index contributed by atoms with van der Waals surface area (Å²) in [4.78, 5) is 9.06. The lowest BCUT2D eigenvalue weighted by Crippen LogP contribution is -2.44. The van der Waals surface area contributed by atoms with Crippen LogP contribution in [0.2, 0.25) is 0 Å². The molecule has 0 spiro atoms. The normalized spacial score (nSPS) is 22.5. The maximum Gasteiger partial charge on any atom is 0.232 e. The number of rotatable bonds is 5. The minimum Gasteiger partial charge on any atom is -0.357 e. The van der Waals surface area contributed by atoms with E-state index in [1.165, 1.54) is 32.1 Å². The Morgan fingerprint density at radius 3 is 2.46 bits per heavy atom. The molecule has 24 heavy (non-hydrogen) atoms. The molecular weight excluding hydrogens is 302 g/mol. The average Bonchev–Trinajstić information content (AvgIpc) is 3.03. The molecule has 1 saturated carbocycles. The predicted octanol–water partition coefficient (Wildman–Crippen LogP) is 3.39. The Balaban J connectivity index is 1.92. The van der Waals surface area contributed by atoms with Crippen LogP contribution in [0.4, 0.5) is 0 Å². The van der Waals surface area contributed by atoms with Gasteiger partial charge in [0.15, 0.2) is 11.8 Å². The van der Waals surface area contributed by atoms with Gasteiger partial charge in [-0.1, -0.05) is 39.3 Å². The van der Waals surface area contributed by atoms with Crippen LogP contribution in [0.5, 0.6) is 0 Å². The van der Waals surface area contributed by atoms with Crippen LogP contribution >= 0.6 is 0 Å². The van der Waals surface area contributed by atoms with Gasteiger partial charge in [-0.05, 0) is 38.5 Å². The Labute approximate surface area is 145 Å². The second kappa shape index (κ2) is 8.49. The third-order valence-corrected chi connectivity index (χ3v) is 4.60. The minimum atomic E-state index is -0.129. The van der Waals surface area contributed by atoms with E-state index in [9.17, 15) is 0 Å². The molecule has 1 aromatic rings. The van der Waals surface area contributed by atoms with Crippen molar-refractivity contribution >= 4 is 5.96 Å². The highest BCUT2D eigenvalue weighted by Gasteiger charge is 2.22. The molecule has 136 valence electrons. The Bertz CT molecular complexity index is 524. The van der Waals surface area contributed by atoms with E-state index >= 15 is 0 Å². The average molecular weight is 335 g/mol. The molecule has 0 saturated heterocycles. The van der Waals surface area contributed by atoms with Crippen LogP contribution in [0.25, 0.3) is 0 Å². The Hall–Kier alpha value is -1.59. The third kappa shape index (κ3) is 5.49. The Morgan fingerprint density at radius 1 is 1.21 bits per heavy atom. The van der Waals surface area contributed by atoms with Gasteiger partial charge in [0, 0.05) is 18.0 Å². The van der Waals surface area contributed by atoms with E-state index in [1.807, 2.05) is 0 Å². The summed E-state index contributed by atoms with van der Waals surface area (Å²) in [6.45, 7) is 11.8. The molecule has 6 heteroatoms. The van der Waals surface area contributed by atoms with E-state index < -0.39 is 0 Å².